The largest absolute Gasteiger partial charge is 0.408 e. The monoisotopic (exact) mass is 286 g/mol. The van der Waals surface area contributed by atoms with E-state index >= 15 is 0 Å². The lowest BCUT2D eigenvalue weighted by atomic mass is 9.91. The van der Waals surface area contributed by atoms with E-state index < -0.39 is 0 Å². The van der Waals surface area contributed by atoms with Gasteiger partial charge in [-0.05, 0) is 30.9 Å². The Kier molecular flexibility index (Phi) is 4.50. The quantitative estimate of drug-likeness (QED) is 0.916. The molecule has 1 atom stereocenters. The van der Waals surface area contributed by atoms with Gasteiger partial charge >= 0.3 is 6.01 Å². The maximum atomic E-state index is 5.31. The van der Waals surface area contributed by atoms with Gasteiger partial charge in [0.2, 0.25) is 5.89 Å². The number of anilines is 1. The third-order valence-corrected chi connectivity index (χ3v) is 4.01. The first-order chi connectivity index (χ1) is 10.3. The van der Waals surface area contributed by atoms with Crippen molar-refractivity contribution in [2.45, 2.75) is 25.7 Å². The molecule has 5 heteroatoms. The molecule has 0 aliphatic carbocycles. The predicted molar refractivity (Wildman–Crippen MR) is 82.4 cm³/mol. The summed E-state index contributed by atoms with van der Waals surface area (Å²) in [4.78, 5) is 2.51. The number of aromatic nitrogens is 2. The van der Waals surface area contributed by atoms with Gasteiger partial charge in [0.05, 0.1) is 0 Å². The van der Waals surface area contributed by atoms with E-state index in [0.29, 0.717) is 17.8 Å². The predicted octanol–water partition coefficient (Wildman–Crippen LogP) is 2.67. The van der Waals surface area contributed by atoms with Crippen LogP contribution >= 0.6 is 0 Å². The van der Waals surface area contributed by atoms with Crippen LogP contribution in [0.25, 0.3) is 0 Å². The number of aryl methyl sites for hydroxylation is 1. The minimum atomic E-state index is 0.518. The summed E-state index contributed by atoms with van der Waals surface area (Å²) in [6.07, 6.45) is 2.55. The summed E-state index contributed by atoms with van der Waals surface area (Å²) >= 11 is 0. The maximum absolute atomic E-state index is 5.31. The van der Waals surface area contributed by atoms with Gasteiger partial charge in [-0.15, -0.1) is 5.10 Å². The summed E-state index contributed by atoms with van der Waals surface area (Å²) in [5.74, 6) is 1.25. The Hall–Kier alpha value is -1.88. The molecule has 0 unspecified atom stereocenters. The summed E-state index contributed by atoms with van der Waals surface area (Å²) < 4.78 is 5.31. The molecule has 5 nitrogen and oxygen atoms in total. The van der Waals surface area contributed by atoms with Crippen LogP contribution in [0.2, 0.25) is 0 Å². The van der Waals surface area contributed by atoms with Crippen LogP contribution in [-0.4, -0.2) is 41.3 Å². The smallest absolute Gasteiger partial charge is 0.315 e. The normalized spacial score (nSPS) is 19.6. The van der Waals surface area contributed by atoms with E-state index in [2.05, 4.69) is 50.7 Å². The molecule has 1 aliphatic rings. The Morgan fingerprint density at radius 2 is 2.14 bits per heavy atom. The number of rotatable bonds is 5. The lowest BCUT2D eigenvalue weighted by Crippen LogP contribution is -2.37. The average molecular weight is 286 g/mol. The highest BCUT2D eigenvalue weighted by molar-refractivity contribution is 5.20. The standard InChI is InChI=1S/C16H22N4O/c1-13-18-19-16(21-13)17-9-11-20-10-5-8-15(12-20)14-6-3-2-4-7-14/h2-4,6-7,15H,5,8-12H2,1H3,(H,17,19)/t15-/m1/s1. The van der Waals surface area contributed by atoms with Crippen molar-refractivity contribution in [2.24, 2.45) is 0 Å². The molecule has 112 valence electrons. The molecule has 1 fully saturated rings. The number of hydrogen-bond donors (Lipinski definition) is 1. The number of benzene rings is 1. The molecule has 1 aliphatic heterocycles. The van der Waals surface area contributed by atoms with Crippen LogP contribution in [0.1, 0.15) is 30.2 Å². The van der Waals surface area contributed by atoms with Gasteiger partial charge in [0.25, 0.3) is 0 Å². The topological polar surface area (TPSA) is 54.2 Å². The minimum absolute atomic E-state index is 0.518. The second-order valence-corrected chi connectivity index (χ2v) is 5.60. The Morgan fingerprint density at radius 1 is 1.29 bits per heavy atom. The van der Waals surface area contributed by atoms with Crippen molar-refractivity contribution in [3.05, 3.63) is 41.8 Å². The fourth-order valence-electron chi connectivity index (χ4n) is 2.94. The molecule has 2 aromatic rings. The van der Waals surface area contributed by atoms with Gasteiger partial charge in [0.1, 0.15) is 0 Å². The number of nitrogens with zero attached hydrogens (tertiary/aromatic N) is 3. The Bertz CT molecular complexity index is 554. The van der Waals surface area contributed by atoms with E-state index in [4.69, 9.17) is 4.42 Å². The van der Waals surface area contributed by atoms with E-state index in [1.807, 2.05) is 0 Å². The molecule has 0 radical (unpaired) electrons. The van der Waals surface area contributed by atoms with E-state index in [1.165, 1.54) is 24.9 Å². The zero-order chi connectivity index (χ0) is 14.5. The van der Waals surface area contributed by atoms with Crippen molar-refractivity contribution in [1.82, 2.24) is 15.1 Å². The van der Waals surface area contributed by atoms with Gasteiger partial charge in [-0.25, -0.2) is 0 Å². The van der Waals surface area contributed by atoms with Crippen LogP contribution in [0.5, 0.6) is 0 Å². The molecule has 2 heterocycles. The maximum Gasteiger partial charge on any atom is 0.315 e. The second kappa shape index (κ2) is 6.72. The molecule has 0 bridgehead atoms. The summed E-state index contributed by atoms with van der Waals surface area (Å²) in [5, 5.41) is 10.9. The van der Waals surface area contributed by atoms with E-state index in [1.54, 1.807) is 6.92 Å². The van der Waals surface area contributed by atoms with Gasteiger partial charge in [0.15, 0.2) is 0 Å². The average Bonchev–Trinajstić information content (AvgIpc) is 2.94. The molecule has 0 spiro atoms. The number of nitrogens with one attached hydrogen (secondary N) is 1. The lowest BCUT2D eigenvalue weighted by molar-refractivity contribution is 0.215. The van der Waals surface area contributed by atoms with Crippen LogP contribution in [0.15, 0.2) is 34.7 Å². The van der Waals surface area contributed by atoms with Crippen LogP contribution in [0.4, 0.5) is 6.01 Å². The molecular formula is C16H22N4O. The summed E-state index contributed by atoms with van der Waals surface area (Å²) in [7, 11) is 0. The summed E-state index contributed by atoms with van der Waals surface area (Å²) in [6.45, 7) is 5.95. The summed E-state index contributed by atoms with van der Waals surface area (Å²) in [5.41, 5.74) is 1.46. The van der Waals surface area contributed by atoms with Crippen molar-refractivity contribution in [2.75, 3.05) is 31.5 Å². The molecule has 1 N–H and O–H groups in total. The SMILES string of the molecule is Cc1nnc(NCCN2CCC[C@@H](c3ccccc3)C2)o1. The highest BCUT2D eigenvalue weighted by Gasteiger charge is 2.20. The first-order valence-electron chi connectivity index (χ1n) is 7.62. The van der Waals surface area contributed by atoms with Crippen molar-refractivity contribution < 1.29 is 4.42 Å². The fourth-order valence-corrected chi connectivity index (χ4v) is 2.94. The molecule has 0 saturated carbocycles. The molecular weight excluding hydrogens is 264 g/mol. The first kappa shape index (κ1) is 14.1. The van der Waals surface area contributed by atoms with E-state index in [9.17, 15) is 0 Å². The van der Waals surface area contributed by atoms with Gasteiger partial charge < -0.3 is 14.6 Å². The van der Waals surface area contributed by atoms with Gasteiger partial charge in [0, 0.05) is 26.6 Å². The third-order valence-electron chi connectivity index (χ3n) is 4.01. The number of likely N-dealkylation sites (tertiary alicyclic amines) is 1. The minimum Gasteiger partial charge on any atom is -0.408 e. The first-order valence-corrected chi connectivity index (χ1v) is 7.62. The van der Waals surface area contributed by atoms with E-state index in [-0.39, 0.29) is 0 Å². The lowest BCUT2D eigenvalue weighted by Gasteiger charge is -2.32. The molecule has 1 saturated heterocycles. The number of hydrogen-bond acceptors (Lipinski definition) is 5. The Labute approximate surface area is 125 Å². The van der Waals surface area contributed by atoms with Crippen molar-refractivity contribution in [3.8, 4) is 0 Å². The summed E-state index contributed by atoms with van der Waals surface area (Å²) in [6, 6.07) is 11.4. The van der Waals surface area contributed by atoms with Crippen molar-refractivity contribution in [3.63, 3.8) is 0 Å². The Balaban J connectivity index is 1.47. The molecule has 3 rings (SSSR count). The van der Waals surface area contributed by atoms with Crippen LogP contribution < -0.4 is 5.32 Å². The molecule has 1 aromatic carbocycles. The van der Waals surface area contributed by atoms with Crippen LogP contribution in [0.3, 0.4) is 0 Å². The second-order valence-electron chi connectivity index (χ2n) is 5.60. The molecule has 0 amide bonds. The highest BCUT2D eigenvalue weighted by Crippen LogP contribution is 2.26. The molecule has 1 aromatic heterocycles. The zero-order valence-electron chi connectivity index (χ0n) is 12.5. The molecule has 21 heavy (non-hydrogen) atoms. The Morgan fingerprint density at radius 3 is 2.90 bits per heavy atom. The number of piperidine rings is 1. The van der Waals surface area contributed by atoms with Crippen molar-refractivity contribution >= 4 is 6.01 Å². The van der Waals surface area contributed by atoms with Crippen LogP contribution in [-0.2, 0) is 0 Å². The van der Waals surface area contributed by atoms with Crippen molar-refractivity contribution in [1.29, 1.82) is 0 Å². The third kappa shape index (κ3) is 3.82. The van der Waals surface area contributed by atoms with Gasteiger partial charge in [-0.2, -0.15) is 0 Å². The van der Waals surface area contributed by atoms with Crippen LogP contribution in [0, 0.1) is 6.92 Å². The fraction of sp³-hybridized carbons (Fsp3) is 0.500. The highest BCUT2D eigenvalue weighted by atomic mass is 16.4. The van der Waals surface area contributed by atoms with E-state index in [0.717, 1.165) is 19.6 Å². The zero-order valence-corrected chi connectivity index (χ0v) is 12.5. The van der Waals surface area contributed by atoms with Gasteiger partial charge in [-0.1, -0.05) is 35.4 Å². The van der Waals surface area contributed by atoms with Gasteiger partial charge in [-0.3, -0.25) is 0 Å².